The quantitative estimate of drug-likeness (QED) is 0.545. The molecule has 0 aliphatic heterocycles. The fourth-order valence-electron chi connectivity index (χ4n) is 2.63. The molecule has 0 radical (unpaired) electrons. The molecule has 2 aromatic carbocycles. The molecule has 3 rings (SSSR count). The summed E-state index contributed by atoms with van der Waals surface area (Å²) in [4.78, 5) is 8.12. The predicted molar refractivity (Wildman–Crippen MR) is 112 cm³/mol. The zero-order valence-corrected chi connectivity index (χ0v) is 16.7. The highest BCUT2D eigenvalue weighted by Gasteiger charge is 2.11. The van der Waals surface area contributed by atoms with E-state index in [1.54, 1.807) is 36.4 Å². The van der Waals surface area contributed by atoms with Gasteiger partial charge in [-0.15, -0.1) is 0 Å². The van der Waals surface area contributed by atoms with Crippen LogP contribution in [0.1, 0.15) is 18.1 Å². The number of hydrogen-bond donors (Lipinski definition) is 2. The Morgan fingerprint density at radius 1 is 1.13 bits per heavy atom. The molecule has 0 spiro atoms. The molecule has 1 aromatic heterocycles. The highest BCUT2D eigenvalue weighted by atomic mass is 35.5. The Kier molecular flexibility index (Phi) is 6.63. The number of hydrogen-bond acceptors (Lipinski definition) is 7. The molecule has 7 nitrogen and oxygen atoms in total. The maximum atomic E-state index is 14.2. The predicted octanol–water partition coefficient (Wildman–Crippen LogP) is 5.09. The SMILES string of the molecule is CCc1cc(Nc2ncc(F)c(Nc3ccc(OCC#N)cc3)n2)cc(C#N)c1Cl. The summed E-state index contributed by atoms with van der Waals surface area (Å²) in [5.74, 6) is 0.0216. The first-order valence-corrected chi connectivity index (χ1v) is 9.30. The van der Waals surface area contributed by atoms with Crippen molar-refractivity contribution in [1.29, 1.82) is 10.5 Å². The van der Waals surface area contributed by atoms with Crippen molar-refractivity contribution in [3.05, 3.63) is 64.6 Å². The zero-order valence-electron chi connectivity index (χ0n) is 15.9. The molecular weight excluding hydrogens is 407 g/mol. The summed E-state index contributed by atoms with van der Waals surface area (Å²) in [6.07, 6.45) is 1.69. The standard InChI is InChI=1S/C21H16ClFN6O/c1-2-13-9-16(10-14(11-25)19(13)22)28-21-26-12-18(23)20(29-21)27-15-3-5-17(6-4-15)30-8-7-24/h3-6,9-10,12H,2,8H2,1H3,(H2,26,27,28,29). The van der Waals surface area contributed by atoms with Crippen molar-refractivity contribution in [3.8, 4) is 17.9 Å². The van der Waals surface area contributed by atoms with Crippen LogP contribution >= 0.6 is 11.6 Å². The van der Waals surface area contributed by atoms with Gasteiger partial charge in [0.15, 0.2) is 18.2 Å². The van der Waals surface area contributed by atoms with E-state index >= 15 is 0 Å². The van der Waals surface area contributed by atoms with E-state index in [9.17, 15) is 9.65 Å². The second-order valence-corrected chi connectivity index (χ2v) is 6.45. The summed E-state index contributed by atoms with van der Waals surface area (Å²) in [6, 6.07) is 14.0. The zero-order chi connectivity index (χ0) is 21.5. The van der Waals surface area contributed by atoms with Gasteiger partial charge in [0, 0.05) is 11.4 Å². The minimum atomic E-state index is -0.631. The average molecular weight is 423 g/mol. The van der Waals surface area contributed by atoms with Crippen LogP contribution in [0.15, 0.2) is 42.6 Å². The van der Waals surface area contributed by atoms with E-state index in [1.807, 2.05) is 13.0 Å². The lowest BCUT2D eigenvalue weighted by Crippen LogP contribution is -2.04. The van der Waals surface area contributed by atoms with Crippen molar-refractivity contribution in [1.82, 2.24) is 9.97 Å². The van der Waals surface area contributed by atoms with Gasteiger partial charge < -0.3 is 15.4 Å². The molecule has 0 aliphatic rings. The summed E-state index contributed by atoms with van der Waals surface area (Å²) in [6.45, 7) is 1.87. The Bertz CT molecular complexity index is 1140. The third-order valence-electron chi connectivity index (χ3n) is 4.07. The molecule has 0 aliphatic carbocycles. The molecule has 0 atom stereocenters. The Hall–Kier alpha value is -3.88. The van der Waals surface area contributed by atoms with Crippen LogP contribution in [0.4, 0.5) is 27.5 Å². The van der Waals surface area contributed by atoms with Crippen LogP contribution in [-0.4, -0.2) is 16.6 Å². The van der Waals surface area contributed by atoms with Crippen molar-refractivity contribution in [2.24, 2.45) is 0 Å². The molecule has 1 heterocycles. The summed E-state index contributed by atoms with van der Waals surface area (Å²) in [5.41, 5.74) is 2.29. The Balaban J connectivity index is 1.81. The molecule has 0 saturated heterocycles. The third-order valence-corrected chi connectivity index (χ3v) is 4.52. The van der Waals surface area contributed by atoms with Crippen molar-refractivity contribution in [2.75, 3.05) is 17.2 Å². The summed E-state index contributed by atoms with van der Waals surface area (Å²) in [7, 11) is 0. The second-order valence-electron chi connectivity index (χ2n) is 6.07. The number of aryl methyl sites for hydroxylation is 1. The number of nitrogens with one attached hydrogen (secondary N) is 2. The molecule has 2 N–H and O–H groups in total. The van der Waals surface area contributed by atoms with Crippen LogP contribution in [0, 0.1) is 28.5 Å². The second kappa shape index (κ2) is 9.55. The average Bonchev–Trinajstić information content (AvgIpc) is 2.76. The Labute approximate surface area is 177 Å². The highest BCUT2D eigenvalue weighted by molar-refractivity contribution is 6.32. The number of aromatic nitrogens is 2. The van der Waals surface area contributed by atoms with Crippen LogP contribution in [0.25, 0.3) is 0 Å². The smallest absolute Gasteiger partial charge is 0.229 e. The maximum absolute atomic E-state index is 14.2. The Morgan fingerprint density at radius 3 is 2.57 bits per heavy atom. The summed E-state index contributed by atoms with van der Waals surface area (Å²) >= 11 is 6.19. The van der Waals surface area contributed by atoms with Gasteiger partial charge in [0.25, 0.3) is 0 Å². The molecule has 0 bridgehead atoms. The molecule has 9 heteroatoms. The highest BCUT2D eigenvalue weighted by Crippen LogP contribution is 2.28. The van der Waals surface area contributed by atoms with E-state index in [2.05, 4.69) is 26.7 Å². The lowest BCUT2D eigenvalue weighted by Gasteiger charge is -2.12. The van der Waals surface area contributed by atoms with E-state index in [0.29, 0.717) is 34.1 Å². The van der Waals surface area contributed by atoms with Crippen molar-refractivity contribution < 1.29 is 9.13 Å². The molecule has 150 valence electrons. The van der Waals surface area contributed by atoms with Gasteiger partial charge in [0.2, 0.25) is 5.95 Å². The fraction of sp³-hybridized carbons (Fsp3) is 0.143. The molecular formula is C21H16ClFN6O. The van der Waals surface area contributed by atoms with Crippen LogP contribution in [-0.2, 0) is 6.42 Å². The third kappa shape index (κ3) is 4.93. The van der Waals surface area contributed by atoms with Gasteiger partial charge in [-0.2, -0.15) is 15.5 Å². The molecule has 0 unspecified atom stereocenters. The molecule has 3 aromatic rings. The van der Waals surface area contributed by atoms with Crippen molar-refractivity contribution in [2.45, 2.75) is 13.3 Å². The Morgan fingerprint density at radius 2 is 1.90 bits per heavy atom. The van der Waals surface area contributed by atoms with Gasteiger partial charge in [0.1, 0.15) is 17.9 Å². The van der Waals surface area contributed by atoms with Crippen LogP contribution < -0.4 is 15.4 Å². The van der Waals surface area contributed by atoms with E-state index in [-0.39, 0.29) is 18.4 Å². The van der Waals surface area contributed by atoms with Gasteiger partial charge in [-0.3, -0.25) is 0 Å². The summed E-state index contributed by atoms with van der Waals surface area (Å²) in [5, 5.41) is 24.1. The number of benzene rings is 2. The van der Waals surface area contributed by atoms with Gasteiger partial charge in [-0.25, -0.2) is 9.37 Å². The largest absolute Gasteiger partial charge is 0.479 e. The lowest BCUT2D eigenvalue weighted by molar-refractivity contribution is 0.368. The number of ether oxygens (including phenoxy) is 1. The van der Waals surface area contributed by atoms with Gasteiger partial charge in [0.05, 0.1) is 16.8 Å². The minimum Gasteiger partial charge on any atom is -0.479 e. The normalized spacial score (nSPS) is 10.0. The lowest BCUT2D eigenvalue weighted by atomic mass is 10.1. The number of rotatable bonds is 7. The van der Waals surface area contributed by atoms with Crippen LogP contribution in [0.2, 0.25) is 5.02 Å². The first kappa shape index (κ1) is 20.8. The molecule has 0 fully saturated rings. The maximum Gasteiger partial charge on any atom is 0.229 e. The number of anilines is 4. The number of nitriles is 2. The van der Waals surface area contributed by atoms with Gasteiger partial charge in [-0.05, 0) is 48.4 Å². The number of halogens is 2. The van der Waals surface area contributed by atoms with Gasteiger partial charge >= 0.3 is 0 Å². The number of nitrogens with zero attached hydrogens (tertiary/aromatic N) is 4. The van der Waals surface area contributed by atoms with E-state index < -0.39 is 5.82 Å². The minimum absolute atomic E-state index is 0.0246. The first-order chi connectivity index (χ1) is 14.5. The van der Waals surface area contributed by atoms with Crippen LogP contribution in [0.5, 0.6) is 5.75 Å². The fourth-order valence-corrected chi connectivity index (χ4v) is 2.91. The topological polar surface area (TPSA) is 107 Å². The van der Waals surface area contributed by atoms with Crippen LogP contribution in [0.3, 0.4) is 0 Å². The van der Waals surface area contributed by atoms with E-state index in [4.69, 9.17) is 21.6 Å². The van der Waals surface area contributed by atoms with Gasteiger partial charge in [-0.1, -0.05) is 18.5 Å². The first-order valence-electron chi connectivity index (χ1n) is 8.93. The van der Waals surface area contributed by atoms with E-state index in [1.165, 1.54) is 0 Å². The van der Waals surface area contributed by atoms with E-state index in [0.717, 1.165) is 11.8 Å². The summed E-state index contributed by atoms with van der Waals surface area (Å²) < 4.78 is 19.4. The molecule has 0 saturated carbocycles. The molecule has 0 amide bonds. The monoisotopic (exact) mass is 422 g/mol. The van der Waals surface area contributed by atoms with Crippen molar-refractivity contribution >= 4 is 34.7 Å². The molecule has 30 heavy (non-hydrogen) atoms. The van der Waals surface area contributed by atoms with Crippen molar-refractivity contribution in [3.63, 3.8) is 0 Å².